The van der Waals surface area contributed by atoms with Crippen LogP contribution in [-0.4, -0.2) is 49.2 Å². The van der Waals surface area contributed by atoms with Crippen molar-refractivity contribution in [3.63, 3.8) is 0 Å². The first-order valence-electron chi connectivity index (χ1n) is 7.79. The quantitative estimate of drug-likeness (QED) is 0.816. The average molecular weight is 313 g/mol. The van der Waals surface area contributed by atoms with Gasteiger partial charge in [-0.3, -0.25) is 0 Å². The summed E-state index contributed by atoms with van der Waals surface area (Å²) in [4.78, 5) is 23.8. The fourth-order valence-corrected chi connectivity index (χ4v) is 2.82. The molecule has 1 aromatic heterocycles. The molecule has 6 heteroatoms. The van der Waals surface area contributed by atoms with Gasteiger partial charge >= 0.3 is 5.97 Å². The van der Waals surface area contributed by atoms with E-state index in [2.05, 4.69) is 14.9 Å². The number of ether oxygens (including phenoxy) is 1. The molecule has 0 unspecified atom stereocenters. The number of benzene rings is 1. The highest BCUT2D eigenvalue weighted by Crippen LogP contribution is 2.06. The molecule has 1 N–H and O–H groups in total. The number of anilines is 1. The molecule has 3 rings (SSSR count). The van der Waals surface area contributed by atoms with E-state index in [-0.39, 0.29) is 5.97 Å². The number of methoxy groups -OCH3 is 1. The lowest BCUT2D eigenvalue weighted by Gasteiger charge is -2.32. The van der Waals surface area contributed by atoms with E-state index in [9.17, 15) is 4.79 Å². The number of aromatic nitrogens is 2. The molecule has 2 aromatic rings. The number of rotatable bonds is 4. The van der Waals surface area contributed by atoms with E-state index >= 15 is 0 Å². The molecule has 1 saturated heterocycles. The summed E-state index contributed by atoms with van der Waals surface area (Å²) in [7, 11) is 1.40. The normalized spacial score (nSPS) is 15.4. The maximum absolute atomic E-state index is 11.4. The second kappa shape index (κ2) is 7.19. The van der Waals surface area contributed by atoms with E-state index in [1.165, 1.54) is 17.6 Å². The number of quaternary nitrogens is 1. The van der Waals surface area contributed by atoms with Crippen LogP contribution in [0.25, 0.3) is 0 Å². The third-order valence-electron chi connectivity index (χ3n) is 4.13. The van der Waals surface area contributed by atoms with Crippen molar-refractivity contribution in [2.75, 3.05) is 38.2 Å². The molecule has 0 amide bonds. The number of esters is 1. The van der Waals surface area contributed by atoms with E-state index in [1.807, 2.05) is 30.3 Å². The Morgan fingerprint density at radius 3 is 2.43 bits per heavy atom. The van der Waals surface area contributed by atoms with Gasteiger partial charge in [0.25, 0.3) is 0 Å². The maximum Gasteiger partial charge on any atom is 0.337 e. The van der Waals surface area contributed by atoms with E-state index in [1.54, 1.807) is 12.4 Å². The van der Waals surface area contributed by atoms with Gasteiger partial charge < -0.3 is 14.5 Å². The molecule has 0 bridgehead atoms. The number of nitrogens with one attached hydrogen (secondary N) is 1. The second-order valence-electron chi connectivity index (χ2n) is 5.65. The Balaban J connectivity index is 1.53. The summed E-state index contributed by atoms with van der Waals surface area (Å²) >= 11 is 0. The Kier molecular flexibility index (Phi) is 4.83. The minimum absolute atomic E-state index is 0.291. The van der Waals surface area contributed by atoms with Gasteiger partial charge in [0.15, 0.2) is 0 Å². The van der Waals surface area contributed by atoms with Crippen molar-refractivity contribution in [3.8, 4) is 0 Å². The highest BCUT2D eigenvalue weighted by Gasteiger charge is 2.21. The van der Waals surface area contributed by atoms with E-state index in [0.717, 1.165) is 38.7 Å². The van der Waals surface area contributed by atoms with E-state index in [0.29, 0.717) is 5.56 Å². The molecule has 0 spiro atoms. The molecule has 6 nitrogen and oxygen atoms in total. The Morgan fingerprint density at radius 2 is 1.83 bits per heavy atom. The van der Waals surface area contributed by atoms with Crippen LogP contribution in [0.1, 0.15) is 15.9 Å². The van der Waals surface area contributed by atoms with Crippen molar-refractivity contribution in [2.45, 2.75) is 6.54 Å². The molecule has 1 aliphatic heterocycles. The molecule has 1 fully saturated rings. The predicted molar refractivity (Wildman–Crippen MR) is 86.4 cm³/mol. The van der Waals surface area contributed by atoms with Crippen LogP contribution >= 0.6 is 0 Å². The first-order valence-corrected chi connectivity index (χ1v) is 7.79. The molecular weight excluding hydrogens is 292 g/mol. The van der Waals surface area contributed by atoms with Gasteiger partial charge in [-0.05, 0) is 18.2 Å². The lowest BCUT2D eigenvalue weighted by atomic mass is 10.1. The van der Waals surface area contributed by atoms with Crippen LogP contribution in [0.4, 0.5) is 5.95 Å². The van der Waals surface area contributed by atoms with Crippen molar-refractivity contribution in [2.24, 2.45) is 0 Å². The summed E-state index contributed by atoms with van der Waals surface area (Å²) < 4.78 is 4.72. The summed E-state index contributed by atoms with van der Waals surface area (Å²) in [5.41, 5.74) is 1.83. The number of hydrogen-bond acceptors (Lipinski definition) is 5. The Hall–Kier alpha value is -2.47. The first-order chi connectivity index (χ1) is 11.3. The molecule has 0 saturated carbocycles. The number of piperazine rings is 1. The van der Waals surface area contributed by atoms with Crippen LogP contribution in [0.3, 0.4) is 0 Å². The number of hydrogen-bond donors (Lipinski definition) is 1. The number of nitrogens with zero attached hydrogens (tertiary/aromatic N) is 3. The topological polar surface area (TPSA) is 59.8 Å². The van der Waals surface area contributed by atoms with Crippen LogP contribution < -0.4 is 9.80 Å². The molecule has 0 atom stereocenters. The van der Waals surface area contributed by atoms with Gasteiger partial charge in [0, 0.05) is 18.0 Å². The number of carbonyl (C=O) groups is 1. The SMILES string of the molecule is COC(=O)c1ccc(C[NH+]2CCN(c3ncccn3)CC2)cc1. The zero-order valence-electron chi connectivity index (χ0n) is 13.2. The zero-order valence-corrected chi connectivity index (χ0v) is 13.2. The van der Waals surface area contributed by atoms with Gasteiger partial charge in [-0.15, -0.1) is 0 Å². The third kappa shape index (κ3) is 3.84. The largest absolute Gasteiger partial charge is 0.465 e. The average Bonchev–Trinajstić information content (AvgIpc) is 2.63. The van der Waals surface area contributed by atoms with E-state index in [4.69, 9.17) is 4.74 Å². The van der Waals surface area contributed by atoms with Crippen LogP contribution in [0.15, 0.2) is 42.7 Å². The summed E-state index contributed by atoms with van der Waals surface area (Å²) in [6.45, 7) is 4.98. The summed E-state index contributed by atoms with van der Waals surface area (Å²) in [6.07, 6.45) is 3.56. The second-order valence-corrected chi connectivity index (χ2v) is 5.65. The van der Waals surface area contributed by atoms with Crippen LogP contribution in [-0.2, 0) is 11.3 Å². The van der Waals surface area contributed by atoms with Crippen LogP contribution in [0.5, 0.6) is 0 Å². The molecule has 0 aliphatic carbocycles. The minimum Gasteiger partial charge on any atom is -0.465 e. The van der Waals surface area contributed by atoms with Crippen molar-refractivity contribution in [1.82, 2.24) is 9.97 Å². The fourth-order valence-electron chi connectivity index (χ4n) is 2.82. The monoisotopic (exact) mass is 313 g/mol. The Bertz CT molecular complexity index is 637. The lowest BCUT2D eigenvalue weighted by Crippen LogP contribution is -3.13. The highest BCUT2D eigenvalue weighted by atomic mass is 16.5. The van der Waals surface area contributed by atoms with Gasteiger partial charge in [-0.1, -0.05) is 12.1 Å². The molecule has 0 radical (unpaired) electrons. The fraction of sp³-hybridized carbons (Fsp3) is 0.353. The predicted octanol–water partition coefficient (Wildman–Crippen LogP) is 0.168. The lowest BCUT2D eigenvalue weighted by molar-refractivity contribution is -0.914. The maximum atomic E-state index is 11.4. The van der Waals surface area contributed by atoms with E-state index < -0.39 is 0 Å². The van der Waals surface area contributed by atoms with Gasteiger partial charge in [-0.2, -0.15) is 0 Å². The van der Waals surface area contributed by atoms with Crippen LogP contribution in [0, 0.1) is 0 Å². The third-order valence-corrected chi connectivity index (χ3v) is 4.13. The van der Waals surface area contributed by atoms with Crippen LogP contribution in [0.2, 0.25) is 0 Å². The summed E-state index contributed by atoms with van der Waals surface area (Å²) in [5, 5.41) is 0. The first kappa shape index (κ1) is 15.4. The molecule has 120 valence electrons. The Labute approximate surface area is 135 Å². The standard InChI is InChI=1S/C17H20N4O2/c1-23-16(22)15-5-3-14(4-6-15)13-20-9-11-21(12-10-20)17-18-7-2-8-19-17/h2-8H,9-13H2,1H3/p+1. The molecule has 1 aromatic carbocycles. The summed E-state index contributed by atoms with van der Waals surface area (Å²) in [5.74, 6) is 0.523. The molecule has 23 heavy (non-hydrogen) atoms. The molecule has 2 heterocycles. The van der Waals surface area contributed by atoms with Crippen molar-refractivity contribution >= 4 is 11.9 Å². The highest BCUT2D eigenvalue weighted by molar-refractivity contribution is 5.89. The van der Waals surface area contributed by atoms with Gasteiger partial charge in [-0.25, -0.2) is 14.8 Å². The van der Waals surface area contributed by atoms with Crippen molar-refractivity contribution in [3.05, 3.63) is 53.9 Å². The molecular formula is C17H21N4O2+. The summed E-state index contributed by atoms with van der Waals surface area (Å²) in [6, 6.07) is 9.50. The van der Waals surface area contributed by atoms with Crippen molar-refractivity contribution in [1.29, 1.82) is 0 Å². The van der Waals surface area contributed by atoms with Gasteiger partial charge in [0.1, 0.15) is 6.54 Å². The van der Waals surface area contributed by atoms with Crippen molar-refractivity contribution < 1.29 is 14.4 Å². The van der Waals surface area contributed by atoms with Gasteiger partial charge in [0.05, 0.1) is 38.9 Å². The Morgan fingerprint density at radius 1 is 1.17 bits per heavy atom. The molecule has 1 aliphatic rings. The number of carbonyl (C=O) groups excluding carboxylic acids is 1. The zero-order chi connectivity index (χ0) is 16.1. The smallest absolute Gasteiger partial charge is 0.337 e. The van der Waals surface area contributed by atoms with Gasteiger partial charge in [0.2, 0.25) is 5.95 Å². The minimum atomic E-state index is -0.291.